The van der Waals surface area contributed by atoms with E-state index in [1.165, 1.54) is 0 Å². The van der Waals surface area contributed by atoms with Gasteiger partial charge in [-0.15, -0.1) is 0 Å². The van der Waals surface area contributed by atoms with Gasteiger partial charge in [0.25, 0.3) is 11.8 Å². The molecule has 3 aromatic rings. The van der Waals surface area contributed by atoms with Crippen molar-refractivity contribution in [1.82, 2.24) is 10.1 Å². The summed E-state index contributed by atoms with van der Waals surface area (Å²) in [5.74, 6) is -3.53. The van der Waals surface area contributed by atoms with Crippen molar-refractivity contribution in [2.75, 3.05) is 0 Å². The van der Waals surface area contributed by atoms with Crippen LogP contribution in [-0.4, -0.2) is 16.0 Å². The lowest BCUT2D eigenvalue weighted by molar-refractivity contribution is 0.0991. The molecule has 128 valence electrons. The van der Waals surface area contributed by atoms with Crippen molar-refractivity contribution in [3.8, 4) is 17.1 Å². The standard InChI is InChI=1S/C16H10ClF2N3O3/c17-9-3-1-2-8(6-9)16-21-12(25-22-16)7-24-11-5-4-10(18)13(14(11)19)15(20)23/h1-6H,7H2,(H2,20,23). The third-order valence-corrected chi connectivity index (χ3v) is 3.44. The zero-order chi connectivity index (χ0) is 18.0. The fourth-order valence-corrected chi connectivity index (χ4v) is 2.26. The van der Waals surface area contributed by atoms with Gasteiger partial charge in [-0.1, -0.05) is 28.9 Å². The van der Waals surface area contributed by atoms with E-state index in [0.29, 0.717) is 10.6 Å². The van der Waals surface area contributed by atoms with Gasteiger partial charge in [0.15, 0.2) is 18.2 Å². The van der Waals surface area contributed by atoms with Crippen LogP contribution in [0.25, 0.3) is 11.4 Å². The normalized spacial score (nSPS) is 10.7. The number of nitrogens with zero attached hydrogens (tertiary/aromatic N) is 2. The van der Waals surface area contributed by atoms with E-state index in [-0.39, 0.29) is 24.1 Å². The van der Waals surface area contributed by atoms with E-state index in [1.807, 2.05) is 0 Å². The number of halogens is 3. The molecule has 6 nitrogen and oxygen atoms in total. The maximum atomic E-state index is 14.1. The van der Waals surface area contributed by atoms with Crippen LogP contribution in [0.1, 0.15) is 16.2 Å². The summed E-state index contributed by atoms with van der Waals surface area (Å²) in [6, 6.07) is 8.72. The van der Waals surface area contributed by atoms with Crippen LogP contribution in [0.4, 0.5) is 8.78 Å². The Labute approximate surface area is 145 Å². The van der Waals surface area contributed by atoms with Gasteiger partial charge >= 0.3 is 0 Å². The molecule has 1 amide bonds. The summed E-state index contributed by atoms with van der Waals surface area (Å²) in [6.45, 7) is -0.283. The predicted molar refractivity (Wildman–Crippen MR) is 84.0 cm³/mol. The third-order valence-electron chi connectivity index (χ3n) is 3.20. The minimum absolute atomic E-state index is 0.0549. The predicted octanol–water partition coefficient (Wildman–Crippen LogP) is 3.35. The first-order valence-corrected chi connectivity index (χ1v) is 7.32. The molecule has 0 spiro atoms. The molecule has 0 saturated carbocycles. The largest absolute Gasteiger partial charge is 0.481 e. The molecule has 0 aliphatic rings. The Kier molecular flexibility index (Phi) is 4.62. The van der Waals surface area contributed by atoms with Gasteiger partial charge in [-0.2, -0.15) is 4.98 Å². The summed E-state index contributed by atoms with van der Waals surface area (Å²) in [5, 5.41) is 4.28. The number of carbonyl (C=O) groups is 1. The van der Waals surface area contributed by atoms with Crippen molar-refractivity contribution in [1.29, 1.82) is 0 Å². The maximum absolute atomic E-state index is 14.1. The van der Waals surface area contributed by atoms with Crippen LogP contribution in [0.3, 0.4) is 0 Å². The van der Waals surface area contributed by atoms with Gasteiger partial charge in [-0.05, 0) is 24.3 Å². The minimum atomic E-state index is -1.23. The fraction of sp³-hybridized carbons (Fsp3) is 0.0625. The Bertz CT molecular complexity index is 946. The first-order chi connectivity index (χ1) is 12.0. The van der Waals surface area contributed by atoms with Crippen molar-refractivity contribution in [2.24, 2.45) is 5.73 Å². The molecule has 9 heteroatoms. The number of aromatic nitrogens is 2. The Balaban J connectivity index is 1.77. The summed E-state index contributed by atoms with van der Waals surface area (Å²) in [4.78, 5) is 15.2. The average molecular weight is 366 g/mol. The second-order valence-corrected chi connectivity index (χ2v) is 5.35. The number of benzene rings is 2. The summed E-state index contributed by atoms with van der Waals surface area (Å²) in [6.07, 6.45) is 0. The average Bonchev–Trinajstić information content (AvgIpc) is 3.03. The molecule has 0 saturated heterocycles. The highest BCUT2D eigenvalue weighted by atomic mass is 35.5. The Hall–Kier alpha value is -3.00. The smallest absolute Gasteiger partial charge is 0.264 e. The molecule has 2 N–H and O–H groups in total. The van der Waals surface area contributed by atoms with Gasteiger partial charge in [0.2, 0.25) is 5.82 Å². The zero-order valence-corrected chi connectivity index (χ0v) is 13.3. The van der Waals surface area contributed by atoms with Crippen molar-refractivity contribution in [2.45, 2.75) is 6.61 Å². The van der Waals surface area contributed by atoms with Crippen LogP contribution in [0, 0.1) is 11.6 Å². The number of ether oxygens (including phenoxy) is 1. The number of rotatable bonds is 5. The molecule has 1 aromatic heterocycles. The molecule has 0 aliphatic carbocycles. The zero-order valence-electron chi connectivity index (χ0n) is 12.5. The van der Waals surface area contributed by atoms with E-state index in [0.717, 1.165) is 12.1 Å². The van der Waals surface area contributed by atoms with Crippen molar-refractivity contribution >= 4 is 17.5 Å². The number of carbonyl (C=O) groups excluding carboxylic acids is 1. The molecule has 2 aromatic carbocycles. The van der Waals surface area contributed by atoms with E-state index in [4.69, 9.17) is 26.6 Å². The van der Waals surface area contributed by atoms with E-state index in [9.17, 15) is 13.6 Å². The van der Waals surface area contributed by atoms with E-state index < -0.39 is 23.1 Å². The van der Waals surface area contributed by atoms with Crippen LogP contribution >= 0.6 is 11.6 Å². The summed E-state index contributed by atoms with van der Waals surface area (Å²) < 4.78 is 37.6. The van der Waals surface area contributed by atoms with Gasteiger partial charge in [-0.25, -0.2) is 8.78 Å². The summed E-state index contributed by atoms with van der Waals surface area (Å²) in [7, 11) is 0. The highest BCUT2D eigenvalue weighted by molar-refractivity contribution is 6.30. The van der Waals surface area contributed by atoms with E-state index in [1.54, 1.807) is 24.3 Å². The molecular formula is C16H10ClF2N3O3. The van der Waals surface area contributed by atoms with E-state index >= 15 is 0 Å². The van der Waals surface area contributed by atoms with Gasteiger partial charge < -0.3 is 15.0 Å². The molecule has 0 bridgehead atoms. The Morgan fingerprint density at radius 2 is 2.08 bits per heavy atom. The number of primary amides is 1. The molecule has 0 aliphatic heterocycles. The number of amides is 1. The highest BCUT2D eigenvalue weighted by Gasteiger charge is 2.20. The third kappa shape index (κ3) is 3.58. The SMILES string of the molecule is NC(=O)c1c(F)ccc(OCc2nc(-c3cccc(Cl)c3)no2)c1F. The van der Waals surface area contributed by atoms with Crippen molar-refractivity contribution < 1.29 is 22.8 Å². The second-order valence-electron chi connectivity index (χ2n) is 4.91. The molecule has 25 heavy (non-hydrogen) atoms. The van der Waals surface area contributed by atoms with Gasteiger partial charge in [0.05, 0.1) is 0 Å². The van der Waals surface area contributed by atoms with Gasteiger partial charge in [-0.3, -0.25) is 4.79 Å². The first-order valence-electron chi connectivity index (χ1n) is 6.95. The monoisotopic (exact) mass is 365 g/mol. The molecule has 0 fully saturated rings. The van der Waals surface area contributed by atoms with Crippen molar-refractivity contribution in [3.05, 3.63) is 64.5 Å². The number of nitrogens with two attached hydrogens (primary N) is 1. The molecule has 1 heterocycles. The second kappa shape index (κ2) is 6.86. The van der Waals surface area contributed by atoms with Gasteiger partial charge in [0, 0.05) is 10.6 Å². The number of hydrogen-bond donors (Lipinski definition) is 1. The van der Waals surface area contributed by atoms with Crippen LogP contribution < -0.4 is 10.5 Å². The number of hydrogen-bond acceptors (Lipinski definition) is 5. The van der Waals surface area contributed by atoms with Gasteiger partial charge in [0.1, 0.15) is 11.4 Å². The Morgan fingerprint density at radius 3 is 2.80 bits per heavy atom. The van der Waals surface area contributed by atoms with Crippen LogP contribution in [-0.2, 0) is 6.61 Å². The summed E-state index contributed by atoms with van der Waals surface area (Å²) >= 11 is 5.89. The molecule has 0 unspecified atom stereocenters. The maximum Gasteiger partial charge on any atom is 0.264 e. The lowest BCUT2D eigenvalue weighted by atomic mass is 10.1. The first kappa shape index (κ1) is 16.8. The lowest BCUT2D eigenvalue weighted by Gasteiger charge is -2.07. The Morgan fingerprint density at radius 1 is 1.28 bits per heavy atom. The minimum Gasteiger partial charge on any atom is -0.481 e. The van der Waals surface area contributed by atoms with Crippen LogP contribution in [0.5, 0.6) is 5.75 Å². The lowest BCUT2D eigenvalue weighted by Crippen LogP contribution is -2.16. The quantitative estimate of drug-likeness (QED) is 0.748. The molecule has 0 atom stereocenters. The highest BCUT2D eigenvalue weighted by Crippen LogP contribution is 2.24. The van der Waals surface area contributed by atoms with Crippen LogP contribution in [0.15, 0.2) is 40.9 Å². The molecular weight excluding hydrogens is 356 g/mol. The molecule has 3 rings (SSSR count). The van der Waals surface area contributed by atoms with E-state index in [2.05, 4.69) is 10.1 Å². The van der Waals surface area contributed by atoms with Crippen LogP contribution in [0.2, 0.25) is 5.02 Å². The fourth-order valence-electron chi connectivity index (χ4n) is 2.07. The van der Waals surface area contributed by atoms with Crippen molar-refractivity contribution in [3.63, 3.8) is 0 Å². The summed E-state index contributed by atoms with van der Waals surface area (Å²) in [5.41, 5.74) is 4.70. The topological polar surface area (TPSA) is 91.2 Å². The molecule has 0 radical (unpaired) electrons.